The van der Waals surface area contributed by atoms with Gasteiger partial charge in [0.05, 0.1) is 0 Å². The molecule has 0 bridgehead atoms. The Labute approximate surface area is 155 Å². The summed E-state index contributed by atoms with van der Waals surface area (Å²) >= 11 is 0. The fourth-order valence-corrected chi connectivity index (χ4v) is 3.27. The molecule has 140 valence electrons. The van der Waals surface area contributed by atoms with Crippen molar-refractivity contribution in [2.45, 2.75) is 32.4 Å². The van der Waals surface area contributed by atoms with E-state index in [1.807, 2.05) is 60.5 Å². The zero-order valence-corrected chi connectivity index (χ0v) is 15.7. The lowest BCUT2D eigenvalue weighted by atomic mass is 10.1. The molecule has 1 atom stereocenters. The summed E-state index contributed by atoms with van der Waals surface area (Å²) in [5.74, 6) is 2.42. The van der Waals surface area contributed by atoms with Gasteiger partial charge in [-0.15, -0.1) is 0 Å². The molecule has 26 heavy (non-hydrogen) atoms. The van der Waals surface area contributed by atoms with E-state index >= 15 is 0 Å². The highest BCUT2D eigenvalue weighted by atomic mass is 16.5. The Bertz CT molecular complexity index is 663. The van der Waals surface area contributed by atoms with Crippen LogP contribution in [-0.4, -0.2) is 53.4 Å². The van der Waals surface area contributed by atoms with Gasteiger partial charge in [0.1, 0.15) is 11.9 Å². The van der Waals surface area contributed by atoms with Crippen LogP contribution in [0.5, 0.6) is 5.75 Å². The van der Waals surface area contributed by atoms with Crippen LogP contribution >= 0.6 is 0 Å². The topological polar surface area (TPSA) is 54.7 Å². The number of ether oxygens (including phenoxy) is 1. The van der Waals surface area contributed by atoms with Gasteiger partial charge in [0.15, 0.2) is 5.96 Å². The van der Waals surface area contributed by atoms with E-state index in [-0.39, 0.29) is 6.10 Å². The maximum Gasteiger partial charge on any atom is 0.193 e. The molecule has 0 saturated carbocycles. The van der Waals surface area contributed by atoms with Gasteiger partial charge < -0.3 is 15.0 Å². The Morgan fingerprint density at radius 3 is 2.69 bits per heavy atom. The fraction of sp³-hybridized carbons (Fsp3) is 0.500. The lowest BCUT2D eigenvalue weighted by molar-refractivity contribution is 0.129. The smallest absolute Gasteiger partial charge is 0.193 e. The van der Waals surface area contributed by atoms with Crippen LogP contribution in [0.3, 0.4) is 0 Å². The molecule has 6 heteroatoms. The first-order valence-electron chi connectivity index (χ1n) is 9.39. The Hall–Kier alpha value is -2.50. The molecule has 0 amide bonds. The van der Waals surface area contributed by atoms with Gasteiger partial charge in [-0.25, -0.2) is 0 Å². The number of likely N-dealkylation sites (tertiary alicyclic amines) is 1. The molecule has 6 nitrogen and oxygen atoms in total. The highest BCUT2D eigenvalue weighted by molar-refractivity contribution is 5.79. The third kappa shape index (κ3) is 5.25. The number of rotatable bonds is 6. The number of para-hydroxylation sites is 1. The average Bonchev–Trinajstić information content (AvgIpc) is 3.17. The van der Waals surface area contributed by atoms with Crippen LogP contribution in [0.25, 0.3) is 0 Å². The van der Waals surface area contributed by atoms with Crippen LogP contribution in [0.1, 0.15) is 19.8 Å². The average molecular weight is 355 g/mol. The van der Waals surface area contributed by atoms with Gasteiger partial charge in [-0.2, -0.15) is 5.10 Å². The minimum absolute atomic E-state index is 0.283. The first-order chi connectivity index (χ1) is 12.7. The molecule has 1 fully saturated rings. The Morgan fingerprint density at radius 1 is 1.27 bits per heavy atom. The summed E-state index contributed by atoms with van der Waals surface area (Å²) in [6.45, 7) is 5.94. The SMILES string of the molecule is CN=C(NCC(C)Cn1cccn1)N1CCC(Oc2ccccc2)CC1. The molecule has 0 spiro atoms. The molecule has 1 aliphatic heterocycles. The first-order valence-corrected chi connectivity index (χ1v) is 9.39. The van der Waals surface area contributed by atoms with E-state index in [0.29, 0.717) is 5.92 Å². The van der Waals surface area contributed by atoms with Gasteiger partial charge in [-0.1, -0.05) is 25.1 Å². The minimum Gasteiger partial charge on any atom is -0.490 e. The molecular formula is C20H29N5O. The van der Waals surface area contributed by atoms with Crippen molar-refractivity contribution in [2.75, 3.05) is 26.7 Å². The van der Waals surface area contributed by atoms with Crippen molar-refractivity contribution < 1.29 is 4.74 Å². The van der Waals surface area contributed by atoms with Gasteiger partial charge in [0, 0.05) is 58.5 Å². The summed E-state index contributed by atoms with van der Waals surface area (Å²) in [6.07, 6.45) is 6.13. The summed E-state index contributed by atoms with van der Waals surface area (Å²) < 4.78 is 8.05. The van der Waals surface area contributed by atoms with Crippen LogP contribution < -0.4 is 10.1 Å². The molecule has 2 heterocycles. The molecule has 1 unspecified atom stereocenters. The highest BCUT2D eigenvalue weighted by Crippen LogP contribution is 2.18. The van der Waals surface area contributed by atoms with Crippen molar-refractivity contribution in [3.05, 3.63) is 48.8 Å². The quantitative estimate of drug-likeness (QED) is 0.639. The van der Waals surface area contributed by atoms with Crippen LogP contribution in [0.4, 0.5) is 0 Å². The maximum absolute atomic E-state index is 6.08. The van der Waals surface area contributed by atoms with Crippen molar-refractivity contribution in [3.8, 4) is 5.75 Å². The number of guanidine groups is 1. The Balaban J connectivity index is 1.42. The minimum atomic E-state index is 0.283. The predicted molar refractivity (Wildman–Crippen MR) is 104 cm³/mol. The number of nitrogens with zero attached hydrogens (tertiary/aromatic N) is 4. The molecule has 1 saturated heterocycles. The predicted octanol–water partition coefficient (Wildman–Crippen LogP) is 2.64. The van der Waals surface area contributed by atoms with Crippen molar-refractivity contribution >= 4 is 5.96 Å². The molecule has 1 aromatic heterocycles. The second kappa shape index (κ2) is 9.27. The van der Waals surface area contributed by atoms with Crippen LogP contribution in [0.15, 0.2) is 53.8 Å². The Kier molecular flexibility index (Phi) is 6.52. The van der Waals surface area contributed by atoms with Gasteiger partial charge in [-0.05, 0) is 24.1 Å². The number of piperidine rings is 1. The lowest BCUT2D eigenvalue weighted by Gasteiger charge is -2.34. The number of hydrogen-bond donors (Lipinski definition) is 1. The zero-order valence-electron chi connectivity index (χ0n) is 15.7. The summed E-state index contributed by atoms with van der Waals surface area (Å²) in [5.41, 5.74) is 0. The zero-order chi connectivity index (χ0) is 18.2. The molecular weight excluding hydrogens is 326 g/mol. The van der Waals surface area contributed by atoms with Crippen molar-refractivity contribution in [1.82, 2.24) is 20.0 Å². The van der Waals surface area contributed by atoms with E-state index < -0.39 is 0 Å². The molecule has 0 radical (unpaired) electrons. The maximum atomic E-state index is 6.08. The summed E-state index contributed by atoms with van der Waals surface area (Å²) in [7, 11) is 1.85. The second-order valence-corrected chi connectivity index (χ2v) is 6.88. The van der Waals surface area contributed by atoms with E-state index in [9.17, 15) is 0 Å². The summed E-state index contributed by atoms with van der Waals surface area (Å²) in [5, 5.41) is 7.78. The number of aliphatic imine (C=N–C) groups is 1. The summed E-state index contributed by atoms with van der Waals surface area (Å²) in [4.78, 5) is 6.78. The third-order valence-electron chi connectivity index (χ3n) is 4.67. The van der Waals surface area contributed by atoms with E-state index in [1.165, 1.54) is 0 Å². The van der Waals surface area contributed by atoms with E-state index in [4.69, 9.17) is 4.74 Å². The monoisotopic (exact) mass is 355 g/mol. The Morgan fingerprint density at radius 2 is 2.04 bits per heavy atom. The van der Waals surface area contributed by atoms with Gasteiger partial charge in [0.2, 0.25) is 0 Å². The van der Waals surface area contributed by atoms with Crippen LogP contribution in [0.2, 0.25) is 0 Å². The molecule has 3 rings (SSSR count). The van der Waals surface area contributed by atoms with Crippen LogP contribution in [-0.2, 0) is 6.54 Å². The molecule has 1 N–H and O–H groups in total. The van der Waals surface area contributed by atoms with Crippen molar-refractivity contribution in [1.29, 1.82) is 0 Å². The lowest BCUT2D eigenvalue weighted by Crippen LogP contribution is -2.48. The van der Waals surface area contributed by atoms with Gasteiger partial charge in [0.25, 0.3) is 0 Å². The highest BCUT2D eigenvalue weighted by Gasteiger charge is 2.22. The number of hydrogen-bond acceptors (Lipinski definition) is 3. The van der Waals surface area contributed by atoms with Crippen LogP contribution in [0, 0.1) is 5.92 Å². The molecule has 1 aliphatic rings. The largest absolute Gasteiger partial charge is 0.490 e. The van der Waals surface area contributed by atoms with Crippen molar-refractivity contribution in [3.63, 3.8) is 0 Å². The van der Waals surface area contributed by atoms with Gasteiger partial charge in [-0.3, -0.25) is 9.67 Å². The van der Waals surface area contributed by atoms with Crippen molar-refractivity contribution in [2.24, 2.45) is 10.9 Å². The number of aromatic nitrogens is 2. The van der Waals surface area contributed by atoms with E-state index in [1.54, 1.807) is 0 Å². The number of benzene rings is 1. The standard InChI is InChI=1S/C20H29N5O/c1-17(16-25-12-6-11-23-25)15-22-20(21-2)24-13-9-19(10-14-24)26-18-7-4-3-5-8-18/h3-8,11-12,17,19H,9-10,13-16H2,1-2H3,(H,21,22). The number of nitrogens with one attached hydrogen (secondary N) is 1. The van der Waals surface area contributed by atoms with Gasteiger partial charge >= 0.3 is 0 Å². The summed E-state index contributed by atoms with van der Waals surface area (Å²) in [6, 6.07) is 12.0. The fourth-order valence-electron chi connectivity index (χ4n) is 3.27. The second-order valence-electron chi connectivity index (χ2n) is 6.88. The van der Waals surface area contributed by atoms with E-state index in [2.05, 4.69) is 27.2 Å². The van der Waals surface area contributed by atoms with E-state index in [0.717, 1.165) is 50.7 Å². The first kappa shape index (κ1) is 18.3. The molecule has 0 aliphatic carbocycles. The molecule has 1 aromatic carbocycles. The molecule has 2 aromatic rings. The normalized spacial score (nSPS) is 17.2. The third-order valence-corrected chi connectivity index (χ3v) is 4.67.